The molecule has 1 aromatic rings. The first-order valence-electron chi connectivity index (χ1n) is 7.16. The molecule has 2 nitrogen and oxygen atoms in total. The minimum absolute atomic E-state index is 0.507. The van der Waals surface area contributed by atoms with Crippen LogP contribution in [0.25, 0.3) is 0 Å². The number of rotatable bonds is 2. The molecule has 1 aromatic carbocycles. The Balaban J connectivity index is 2.06. The Morgan fingerprint density at radius 1 is 1.20 bits per heavy atom. The van der Waals surface area contributed by atoms with Crippen LogP contribution in [0.15, 0.2) is 24.3 Å². The van der Waals surface area contributed by atoms with E-state index in [0.29, 0.717) is 6.04 Å². The molecule has 0 bridgehead atoms. The number of halogens is 3. The van der Waals surface area contributed by atoms with Gasteiger partial charge in [0.15, 0.2) is 0 Å². The minimum Gasteiger partial charge on any atom is -0.371 e. The molecule has 1 fully saturated rings. The SMILES string of the molecule is CCC1CCN(c2ccc(C(F)(F)F)cc2)CCCN1. The quantitative estimate of drug-likeness (QED) is 0.892. The molecule has 0 radical (unpaired) electrons. The Labute approximate surface area is 118 Å². The molecule has 0 amide bonds. The molecule has 0 aromatic heterocycles. The van der Waals surface area contributed by atoms with Gasteiger partial charge in [0.25, 0.3) is 0 Å². The number of nitrogens with zero attached hydrogens (tertiary/aromatic N) is 1. The van der Waals surface area contributed by atoms with Gasteiger partial charge in [-0.05, 0) is 50.1 Å². The van der Waals surface area contributed by atoms with Crippen LogP contribution in [0.3, 0.4) is 0 Å². The van der Waals surface area contributed by atoms with Crippen molar-refractivity contribution >= 4 is 5.69 Å². The average Bonchev–Trinajstić information content (AvgIpc) is 2.38. The van der Waals surface area contributed by atoms with Crippen molar-refractivity contribution in [3.63, 3.8) is 0 Å². The molecule has 1 aliphatic heterocycles. The van der Waals surface area contributed by atoms with Crippen LogP contribution in [-0.4, -0.2) is 25.7 Å². The summed E-state index contributed by atoms with van der Waals surface area (Å²) in [6.45, 7) is 4.89. The van der Waals surface area contributed by atoms with Crippen LogP contribution in [0.5, 0.6) is 0 Å². The standard InChI is InChI=1S/C15H21F3N2/c1-2-13-8-11-20(10-3-9-19-13)14-6-4-12(5-7-14)15(16,17)18/h4-7,13,19H,2-3,8-11H2,1H3. The molecule has 1 heterocycles. The lowest BCUT2D eigenvalue weighted by Crippen LogP contribution is -2.39. The number of benzene rings is 1. The Hall–Kier alpha value is -1.23. The lowest BCUT2D eigenvalue weighted by Gasteiger charge is -2.30. The van der Waals surface area contributed by atoms with Crippen LogP contribution in [0.2, 0.25) is 0 Å². The van der Waals surface area contributed by atoms with E-state index in [0.717, 1.165) is 44.6 Å². The predicted octanol–water partition coefficient (Wildman–Crippen LogP) is 3.67. The third kappa shape index (κ3) is 3.88. The Morgan fingerprint density at radius 3 is 2.50 bits per heavy atom. The van der Waals surface area contributed by atoms with Crippen molar-refractivity contribution in [3.8, 4) is 0 Å². The van der Waals surface area contributed by atoms with Gasteiger partial charge in [0.1, 0.15) is 0 Å². The van der Waals surface area contributed by atoms with Crippen LogP contribution >= 0.6 is 0 Å². The lowest BCUT2D eigenvalue weighted by molar-refractivity contribution is -0.137. The van der Waals surface area contributed by atoms with E-state index >= 15 is 0 Å². The maximum absolute atomic E-state index is 12.6. The van der Waals surface area contributed by atoms with Crippen molar-refractivity contribution in [2.45, 2.75) is 38.4 Å². The van der Waals surface area contributed by atoms with Gasteiger partial charge in [0.2, 0.25) is 0 Å². The van der Waals surface area contributed by atoms with Crippen LogP contribution in [0, 0.1) is 0 Å². The second-order valence-electron chi connectivity index (χ2n) is 5.23. The molecule has 112 valence electrons. The van der Waals surface area contributed by atoms with Gasteiger partial charge >= 0.3 is 6.18 Å². The van der Waals surface area contributed by atoms with Gasteiger partial charge < -0.3 is 10.2 Å². The van der Waals surface area contributed by atoms with Crippen LogP contribution in [0.1, 0.15) is 31.7 Å². The van der Waals surface area contributed by atoms with Gasteiger partial charge in [0.05, 0.1) is 5.56 Å². The van der Waals surface area contributed by atoms with Gasteiger partial charge in [-0.2, -0.15) is 13.2 Å². The number of hydrogen-bond donors (Lipinski definition) is 1. The molecule has 1 unspecified atom stereocenters. The molecule has 0 saturated carbocycles. The Kier molecular flexibility index (Phi) is 4.91. The van der Waals surface area contributed by atoms with Crippen molar-refractivity contribution in [1.29, 1.82) is 0 Å². The fourth-order valence-electron chi connectivity index (χ4n) is 2.57. The summed E-state index contributed by atoms with van der Waals surface area (Å²) >= 11 is 0. The van der Waals surface area contributed by atoms with E-state index in [9.17, 15) is 13.2 Å². The third-order valence-corrected chi connectivity index (χ3v) is 3.84. The molecule has 2 rings (SSSR count). The summed E-state index contributed by atoms with van der Waals surface area (Å²) in [4.78, 5) is 2.18. The van der Waals surface area contributed by atoms with Crippen LogP contribution in [0.4, 0.5) is 18.9 Å². The number of anilines is 1. The van der Waals surface area contributed by atoms with Crippen molar-refractivity contribution in [2.75, 3.05) is 24.5 Å². The maximum atomic E-state index is 12.6. The highest BCUT2D eigenvalue weighted by atomic mass is 19.4. The molecule has 1 saturated heterocycles. The molecule has 1 aliphatic rings. The molecule has 1 N–H and O–H groups in total. The van der Waals surface area contributed by atoms with Crippen molar-refractivity contribution in [2.24, 2.45) is 0 Å². The topological polar surface area (TPSA) is 15.3 Å². The van der Waals surface area contributed by atoms with E-state index in [1.54, 1.807) is 12.1 Å². The maximum Gasteiger partial charge on any atom is 0.416 e. The van der Waals surface area contributed by atoms with Gasteiger partial charge in [-0.25, -0.2) is 0 Å². The number of hydrogen-bond acceptors (Lipinski definition) is 2. The van der Waals surface area contributed by atoms with E-state index in [4.69, 9.17) is 0 Å². The molecule has 5 heteroatoms. The lowest BCUT2D eigenvalue weighted by atomic mass is 10.1. The van der Waals surface area contributed by atoms with Gasteiger partial charge in [-0.15, -0.1) is 0 Å². The average molecular weight is 286 g/mol. The summed E-state index contributed by atoms with van der Waals surface area (Å²) in [6, 6.07) is 6.01. The molecule has 1 atom stereocenters. The van der Waals surface area contributed by atoms with Gasteiger partial charge in [-0.1, -0.05) is 6.92 Å². The van der Waals surface area contributed by atoms with E-state index in [2.05, 4.69) is 17.1 Å². The summed E-state index contributed by atoms with van der Waals surface area (Å²) in [5.41, 5.74) is 0.302. The molecular weight excluding hydrogens is 265 g/mol. The van der Waals surface area contributed by atoms with E-state index in [-0.39, 0.29) is 0 Å². The normalized spacial score (nSPS) is 21.4. The zero-order valence-corrected chi connectivity index (χ0v) is 11.7. The zero-order valence-electron chi connectivity index (χ0n) is 11.7. The summed E-state index contributed by atoms with van der Waals surface area (Å²) in [5.74, 6) is 0. The van der Waals surface area contributed by atoms with Gasteiger partial charge in [0, 0.05) is 24.8 Å². The minimum atomic E-state index is -4.26. The fraction of sp³-hybridized carbons (Fsp3) is 0.600. The first kappa shape index (κ1) is 15.2. The monoisotopic (exact) mass is 286 g/mol. The highest BCUT2D eigenvalue weighted by molar-refractivity contribution is 5.48. The van der Waals surface area contributed by atoms with E-state index in [1.165, 1.54) is 12.1 Å². The Bertz CT molecular complexity index is 414. The van der Waals surface area contributed by atoms with Crippen molar-refractivity contribution < 1.29 is 13.2 Å². The van der Waals surface area contributed by atoms with E-state index in [1.807, 2.05) is 0 Å². The van der Waals surface area contributed by atoms with Crippen LogP contribution < -0.4 is 10.2 Å². The van der Waals surface area contributed by atoms with E-state index < -0.39 is 11.7 Å². The molecule has 20 heavy (non-hydrogen) atoms. The highest BCUT2D eigenvalue weighted by Gasteiger charge is 2.30. The second kappa shape index (κ2) is 6.48. The number of nitrogens with one attached hydrogen (secondary N) is 1. The molecular formula is C15H21F3N2. The first-order valence-corrected chi connectivity index (χ1v) is 7.16. The zero-order chi connectivity index (χ0) is 14.6. The third-order valence-electron chi connectivity index (χ3n) is 3.84. The van der Waals surface area contributed by atoms with Gasteiger partial charge in [-0.3, -0.25) is 0 Å². The smallest absolute Gasteiger partial charge is 0.371 e. The van der Waals surface area contributed by atoms with Crippen molar-refractivity contribution in [1.82, 2.24) is 5.32 Å². The van der Waals surface area contributed by atoms with Crippen LogP contribution in [-0.2, 0) is 6.18 Å². The summed E-state index contributed by atoms with van der Waals surface area (Å²) in [5, 5.41) is 3.50. The first-order chi connectivity index (χ1) is 9.50. The summed E-state index contributed by atoms with van der Waals surface area (Å²) in [7, 11) is 0. The van der Waals surface area contributed by atoms with Crippen molar-refractivity contribution in [3.05, 3.63) is 29.8 Å². The number of alkyl halides is 3. The Morgan fingerprint density at radius 2 is 1.90 bits per heavy atom. The second-order valence-corrected chi connectivity index (χ2v) is 5.23. The molecule has 0 aliphatic carbocycles. The highest BCUT2D eigenvalue weighted by Crippen LogP contribution is 2.30. The summed E-state index contributed by atoms with van der Waals surface area (Å²) < 4.78 is 37.7. The predicted molar refractivity (Wildman–Crippen MR) is 75.0 cm³/mol. The largest absolute Gasteiger partial charge is 0.416 e. The molecule has 0 spiro atoms. The summed E-state index contributed by atoms with van der Waals surface area (Å²) in [6.07, 6.45) is -1.14. The fourth-order valence-corrected chi connectivity index (χ4v) is 2.57.